The van der Waals surface area contributed by atoms with E-state index in [-0.39, 0.29) is 24.3 Å². The molecule has 0 spiro atoms. The van der Waals surface area contributed by atoms with E-state index in [4.69, 9.17) is 9.72 Å². The number of imide groups is 1. The second-order valence-electron chi connectivity index (χ2n) is 7.82. The van der Waals surface area contributed by atoms with Crippen LogP contribution in [0.2, 0.25) is 0 Å². The number of carbonyl (C=O) groups is 2. The predicted octanol–water partition coefficient (Wildman–Crippen LogP) is 3.82. The molecule has 30 heavy (non-hydrogen) atoms. The van der Waals surface area contributed by atoms with E-state index >= 15 is 0 Å². The topological polar surface area (TPSA) is 62.7 Å². The molecule has 1 atom stereocenters. The summed E-state index contributed by atoms with van der Waals surface area (Å²) in [7, 11) is 1.59. The zero-order chi connectivity index (χ0) is 20.7. The van der Waals surface area contributed by atoms with E-state index in [0.717, 1.165) is 31.4 Å². The Bertz CT molecular complexity index is 1050. The number of aromatic nitrogens is 1. The Balaban J connectivity index is 1.26. The minimum atomic E-state index is -0.365. The number of ether oxygens (including phenoxy) is 1. The van der Waals surface area contributed by atoms with Crippen molar-refractivity contribution in [2.24, 2.45) is 0 Å². The molecular formula is C23H23N3O3S. The predicted molar refractivity (Wildman–Crippen MR) is 117 cm³/mol. The lowest BCUT2D eigenvalue weighted by molar-refractivity contribution is -0.123. The van der Waals surface area contributed by atoms with Gasteiger partial charge in [0.2, 0.25) is 5.91 Å². The van der Waals surface area contributed by atoms with E-state index in [2.05, 4.69) is 17.0 Å². The molecule has 0 N–H and O–H groups in total. The van der Waals surface area contributed by atoms with Crippen LogP contribution < -0.4 is 9.64 Å². The molecule has 0 bridgehead atoms. The molecule has 0 unspecified atom stereocenters. The number of piperidine rings is 1. The highest BCUT2D eigenvalue weighted by Crippen LogP contribution is 2.36. The number of hydrogen-bond acceptors (Lipinski definition) is 6. The lowest BCUT2D eigenvalue weighted by Crippen LogP contribution is -2.45. The molecule has 3 aromatic rings. The van der Waals surface area contributed by atoms with Gasteiger partial charge in [0, 0.05) is 5.92 Å². The third-order valence-electron chi connectivity index (χ3n) is 6.08. The molecule has 2 amide bonds. The van der Waals surface area contributed by atoms with Crippen LogP contribution in [-0.2, 0) is 9.59 Å². The van der Waals surface area contributed by atoms with Crippen molar-refractivity contribution in [3.05, 3.63) is 53.5 Å². The number of fused-ring (bicyclic) bond motifs is 1. The highest BCUT2D eigenvalue weighted by molar-refractivity contribution is 7.18. The van der Waals surface area contributed by atoms with Crippen molar-refractivity contribution in [2.45, 2.75) is 31.2 Å². The van der Waals surface area contributed by atoms with Crippen molar-refractivity contribution in [2.75, 3.05) is 25.1 Å². The molecule has 1 aromatic heterocycles. The first-order chi connectivity index (χ1) is 14.6. The van der Waals surface area contributed by atoms with E-state index < -0.39 is 0 Å². The summed E-state index contributed by atoms with van der Waals surface area (Å²) in [6.07, 6.45) is 2.16. The first kappa shape index (κ1) is 19.2. The molecule has 2 fully saturated rings. The average Bonchev–Trinajstić information content (AvgIpc) is 3.34. The normalized spacial score (nSPS) is 21.0. The first-order valence-corrected chi connectivity index (χ1v) is 11.1. The molecular weight excluding hydrogens is 398 g/mol. The number of thiazole rings is 1. The Morgan fingerprint density at radius 1 is 1.03 bits per heavy atom. The molecule has 3 heterocycles. The number of likely N-dealkylation sites (tertiary alicyclic amines) is 1. The van der Waals surface area contributed by atoms with E-state index in [1.165, 1.54) is 14.6 Å². The summed E-state index contributed by atoms with van der Waals surface area (Å²) < 4.78 is 6.39. The molecule has 0 saturated carbocycles. The maximum Gasteiger partial charge on any atom is 0.251 e. The molecule has 2 aliphatic rings. The van der Waals surface area contributed by atoms with Gasteiger partial charge >= 0.3 is 0 Å². The fraction of sp³-hybridized carbons (Fsp3) is 0.348. The van der Waals surface area contributed by atoms with Gasteiger partial charge in [0.05, 0.1) is 40.5 Å². The van der Waals surface area contributed by atoms with E-state index in [9.17, 15) is 9.59 Å². The number of amides is 2. The van der Waals surface area contributed by atoms with E-state index in [1.807, 2.05) is 12.1 Å². The summed E-state index contributed by atoms with van der Waals surface area (Å²) in [5.74, 6) is 0.863. The number of methoxy groups -OCH3 is 1. The molecule has 0 radical (unpaired) electrons. The van der Waals surface area contributed by atoms with Crippen LogP contribution in [-0.4, -0.2) is 47.9 Å². The number of nitrogens with zero attached hydrogens (tertiary/aromatic N) is 3. The zero-order valence-electron chi connectivity index (χ0n) is 16.8. The highest BCUT2D eigenvalue weighted by Gasteiger charge is 2.43. The summed E-state index contributed by atoms with van der Waals surface area (Å²) >= 11 is 1.77. The zero-order valence-corrected chi connectivity index (χ0v) is 17.6. The van der Waals surface area contributed by atoms with E-state index in [1.54, 1.807) is 42.7 Å². The minimum Gasteiger partial charge on any atom is -0.497 e. The first-order valence-electron chi connectivity index (χ1n) is 10.2. The van der Waals surface area contributed by atoms with Crippen molar-refractivity contribution < 1.29 is 14.3 Å². The summed E-state index contributed by atoms with van der Waals surface area (Å²) in [5.41, 5.74) is 1.67. The smallest absolute Gasteiger partial charge is 0.251 e. The quantitative estimate of drug-likeness (QED) is 0.600. The fourth-order valence-electron chi connectivity index (χ4n) is 4.43. The molecule has 6 nitrogen and oxygen atoms in total. The van der Waals surface area contributed by atoms with Gasteiger partial charge in [-0.05, 0) is 62.3 Å². The minimum absolute atomic E-state index is 0.122. The van der Waals surface area contributed by atoms with Gasteiger partial charge in [-0.15, -0.1) is 11.3 Å². The number of rotatable bonds is 4. The van der Waals surface area contributed by atoms with Crippen LogP contribution in [0.3, 0.4) is 0 Å². The van der Waals surface area contributed by atoms with Gasteiger partial charge in [0.15, 0.2) is 0 Å². The van der Waals surface area contributed by atoms with Crippen LogP contribution in [0, 0.1) is 0 Å². The molecule has 2 saturated heterocycles. The Morgan fingerprint density at radius 2 is 1.77 bits per heavy atom. The molecule has 7 heteroatoms. The molecule has 5 rings (SSSR count). The van der Waals surface area contributed by atoms with Crippen LogP contribution >= 0.6 is 11.3 Å². The van der Waals surface area contributed by atoms with Crippen molar-refractivity contribution in [1.29, 1.82) is 0 Å². The summed E-state index contributed by atoms with van der Waals surface area (Å²) in [6, 6.07) is 14.9. The van der Waals surface area contributed by atoms with E-state index in [0.29, 0.717) is 17.4 Å². The van der Waals surface area contributed by atoms with Crippen molar-refractivity contribution in [3.63, 3.8) is 0 Å². The number of para-hydroxylation sites is 1. The largest absolute Gasteiger partial charge is 0.497 e. The summed E-state index contributed by atoms with van der Waals surface area (Å²) in [6.45, 7) is 1.61. The van der Waals surface area contributed by atoms with Gasteiger partial charge in [-0.25, -0.2) is 9.88 Å². The number of carbonyl (C=O) groups excluding carboxylic acids is 2. The molecule has 154 valence electrons. The Morgan fingerprint density at radius 3 is 2.47 bits per heavy atom. The van der Waals surface area contributed by atoms with Crippen LogP contribution in [0.1, 0.15) is 30.2 Å². The standard InChI is InChI=1S/C23H23N3O3S/c1-29-17-8-6-16(7-9-17)26-21(27)14-19(23(26)28)25-12-10-15(11-13-25)22-24-18-4-2-3-5-20(18)30-22/h2-9,15,19H,10-14H2,1H3/t19-/m0/s1. The Labute approximate surface area is 179 Å². The second-order valence-corrected chi connectivity index (χ2v) is 8.88. The van der Waals surface area contributed by atoms with Gasteiger partial charge in [-0.3, -0.25) is 14.5 Å². The number of hydrogen-bond donors (Lipinski definition) is 0. The van der Waals surface area contributed by atoms with Gasteiger partial charge in [0.1, 0.15) is 5.75 Å². The maximum absolute atomic E-state index is 13.1. The van der Waals surface area contributed by atoms with Gasteiger partial charge in [-0.2, -0.15) is 0 Å². The van der Waals surface area contributed by atoms with Crippen molar-refractivity contribution in [3.8, 4) is 5.75 Å². The SMILES string of the molecule is COc1ccc(N2C(=O)C[C@H](N3CCC(c4nc5ccccc5s4)CC3)C2=O)cc1. The fourth-order valence-corrected chi connectivity index (χ4v) is 5.56. The molecule has 0 aliphatic carbocycles. The maximum atomic E-state index is 13.1. The number of benzene rings is 2. The summed E-state index contributed by atoms with van der Waals surface area (Å²) in [4.78, 5) is 34.0. The third kappa shape index (κ3) is 3.38. The lowest BCUT2D eigenvalue weighted by Gasteiger charge is -2.34. The summed E-state index contributed by atoms with van der Waals surface area (Å²) in [5, 5.41) is 1.18. The van der Waals surface area contributed by atoms with Gasteiger partial charge in [-0.1, -0.05) is 12.1 Å². The van der Waals surface area contributed by atoms with Crippen LogP contribution in [0.4, 0.5) is 5.69 Å². The van der Waals surface area contributed by atoms with Crippen LogP contribution in [0.25, 0.3) is 10.2 Å². The monoisotopic (exact) mass is 421 g/mol. The van der Waals surface area contributed by atoms with Gasteiger partial charge < -0.3 is 4.74 Å². The third-order valence-corrected chi connectivity index (χ3v) is 7.28. The highest BCUT2D eigenvalue weighted by atomic mass is 32.1. The van der Waals surface area contributed by atoms with Crippen molar-refractivity contribution in [1.82, 2.24) is 9.88 Å². The van der Waals surface area contributed by atoms with Gasteiger partial charge in [0.25, 0.3) is 5.91 Å². The molecule has 2 aliphatic heterocycles. The van der Waals surface area contributed by atoms with Crippen LogP contribution in [0.15, 0.2) is 48.5 Å². The Kier molecular flexibility index (Phi) is 5.00. The second kappa shape index (κ2) is 7.81. The molecule has 2 aromatic carbocycles. The lowest BCUT2D eigenvalue weighted by atomic mass is 9.96. The average molecular weight is 422 g/mol. The van der Waals surface area contributed by atoms with Crippen LogP contribution in [0.5, 0.6) is 5.75 Å². The number of anilines is 1. The Hall–Kier alpha value is -2.77. The van der Waals surface area contributed by atoms with Crippen molar-refractivity contribution >= 4 is 39.1 Å².